The Kier molecular flexibility index (Phi) is 4.43. The second-order valence-electron chi connectivity index (χ2n) is 7.43. The van der Waals surface area contributed by atoms with E-state index in [9.17, 15) is 8.42 Å². The van der Waals surface area contributed by atoms with E-state index in [1.54, 1.807) is 20.8 Å². The van der Waals surface area contributed by atoms with Gasteiger partial charge in [-0.1, -0.05) is 16.8 Å². The fourth-order valence-corrected chi connectivity index (χ4v) is 4.26. The summed E-state index contributed by atoms with van der Waals surface area (Å²) in [4.78, 5) is 4.41. The molecule has 7 nitrogen and oxygen atoms in total. The first-order valence-electron chi connectivity index (χ1n) is 7.97. The second kappa shape index (κ2) is 6.05. The number of hydrogen-bond acceptors (Lipinski definition) is 6. The molecule has 3 N–H and O–H groups in total. The molecule has 3 rings (SSSR count). The average Bonchev–Trinajstić information content (AvgIpc) is 2.92. The lowest BCUT2D eigenvalue weighted by Gasteiger charge is -2.34. The fourth-order valence-electron chi connectivity index (χ4n) is 2.61. The highest BCUT2D eigenvalue weighted by Crippen LogP contribution is 2.38. The van der Waals surface area contributed by atoms with Gasteiger partial charge in [0.25, 0.3) is 5.89 Å². The molecule has 1 aromatic carbocycles. The van der Waals surface area contributed by atoms with Crippen LogP contribution < -0.4 is 10.5 Å². The van der Waals surface area contributed by atoms with Crippen molar-refractivity contribution in [3.8, 4) is 11.5 Å². The molecule has 1 heterocycles. The van der Waals surface area contributed by atoms with E-state index in [4.69, 9.17) is 21.9 Å². The third kappa shape index (κ3) is 3.72. The lowest BCUT2D eigenvalue weighted by Crippen LogP contribution is -2.44. The van der Waals surface area contributed by atoms with Crippen LogP contribution in [0.3, 0.4) is 0 Å². The predicted molar refractivity (Wildman–Crippen MR) is 94.5 cm³/mol. The quantitative estimate of drug-likeness (QED) is 0.838. The van der Waals surface area contributed by atoms with Crippen molar-refractivity contribution < 1.29 is 12.9 Å². The first-order chi connectivity index (χ1) is 11.5. The number of hydrogen-bond donors (Lipinski definition) is 2. The highest BCUT2D eigenvalue weighted by atomic mass is 35.5. The number of aromatic nitrogens is 2. The third-order valence-corrected chi connectivity index (χ3v) is 6.12. The maximum Gasteiger partial charge on any atom is 0.259 e. The van der Waals surface area contributed by atoms with E-state index < -0.39 is 21.1 Å². The van der Waals surface area contributed by atoms with Crippen molar-refractivity contribution in [1.82, 2.24) is 14.9 Å². The zero-order valence-corrected chi connectivity index (χ0v) is 15.9. The number of halogens is 1. The summed E-state index contributed by atoms with van der Waals surface area (Å²) in [6.45, 7) is 5.31. The largest absolute Gasteiger partial charge is 0.334 e. The number of rotatable bonds is 4. The SMILES string of the molecule is CC(C)(C)NS(=O)(=O)c1ccc(Cl)c(-c2nc(C3(N)CCC3)no2)c1. The van der Waals surface area contributed by atoms with Gasteiger partial charge in [-0.3, -0.25) is 0 Å². The highest BCUT2D eigenvalue weighted by molar-refractivity contribution is 7.89. The minimum absolute atomic E-state index is 0.0766. The van der Waals surface area contributed by atoms with E-state index in [2.05, 4.69) is 14.9 Å². The molecule has 0 saturated heterocycles. The maximum atomic E-state index is 12.5. The molecular weight excluding hydrogens is 364 g/mol. The number of sulfonamides is 1. The molecule has 2 aromatic rings. The molecule has 1 aliphatic rings. The first-order valence-corrected chi connectivity index (χ1v) is 9.83. The molecule has 1 aliphatic carbocycles. The smallest absolute Gasteiger partial charge is 0.259 e. The summed E-state index contributed by atoms with van der Waals surface area (Å²) in [6, 6.07) is 4.37. The number of benzene rings is 1. The van der Waals surface area contributed by atoms with Crippen molar-refractivity contribution in [1.29, 1.82) is 0 Å². The van der Waals surface area contributed by atoms with E-state index in [1.165, 1.54) is 18.2 Å². The van der Waals surface area contributed by atoms with Crippen molar-refractivity contribution in [2.45, 2.75) is 56.0 Å². The Morgan fingerprint density at radius 1 is 1.32 bits per heavy atom. The molecular formula is C16H21ClN4O3S. The molecule has 136 valence electrons. The Bertz CT molecular complexity index is 898. The lowest BCUT2D eigenvalue weighted by molar-refractivity contribution is 0.229. The van der Waals surface area contributed by atoms with Crippen LogP contribution in [0.25, 0.3) is 11.5 Å². The molecule has 0 radical (unpaired) electrons. The Morgan fingerprint density at radius 3 is 2.56 bits per heavy atom. The third-order valence-electron chi connectivity index (χ3n) is 4.04. The van der Waals surface area contributed by atoms with E-state index in [0.29, 0.717) is 16.4 Å². The van der Waals surface area contributed by atoms with Crippen LogP contribution >= 0.6 is 11.6 Å². The standard InChI is InChI=1S/C16H21ClN4O3S/c1-15(2,3)21-25(22,23)10-5-6-12(17)11(9-10)13-19-14(20-24-13)16(18)7-4-8-16/h5-6,9,21H,4,7-8,18H2,1-3H3. The molecule has 1 saturated carbocycles. The van der Waals surface area contributed by atoms with Crippen LogP contribution in [0.15, 0.2) is 27.6 Å². The second-order valence-corrected chi connectivity index (χ2v) is 9.52. The normalized spacial score (nSPS) is 17.3. The topological polar surface area (TPSA) is 111 Å². The Morgan fingerprint density at radius 2 is 2.00 bits per heavy atom. The fraction of sp³-hybridized carbons (Fsp3) is 0.500. The van der Waals surface area contributed by atoms with Crippen LogP contribution in [-0.4, -0.2) is 24.1 Å². The van der Waals surface area contributed by atoms with E-state index in [1.807, 2.05) is 0 Å². The van der Waals surface area contributed by atoms with Crippen molar-refractivity contribution in [3.05, 3.63) is 29.0 Å². The predicted octanol–water partition coefficient (Wildman–Crippen LogP) is 2.80. The molecule has 0 amide bonds. The summed E-state index contributed by atoms with van der Waals surface area (Å²) < 4.78 is 32.9. The van der Waals surface area contributed by atoms with Gasteiger partial charge in [0.05, 0.1) is 21.0 Å². The summed E-state index contributed by atoms with van der Waals surface area (Å²) in [5.41, 5.74) is 5.39. The highest BCUT2D eigenvalue weighted by Gasteiger charge is 2.39. The molecule has 0 spiro atoms. The van der Waals surface area contributed by atoms with Gasteiger partial charge in [-0.15, -0.1) is 0 Å². The molecule has 0 bridgehead atoms. The van der Waals surface area contributed by atoms with Gasteiger partial charge in [0.2, 0.25) is 10.0 Å². The lowest BCUT2D eigenvalue weighted by atomic mass is 9.77. The van der Waals surface area contributed by atoms with Gasteiger partial charge in [0.15, 0.2) is 5.82 Å². The summed E-state index contributed by atoms with van der Waals surface area (Å²) in [5.74, 6) is 0.579. The van der Waals surface area contributed by atoms with Crippen LogP contribution in [0.1, 0.15) is 45.9 Å². The Hall–Kier alpha value is -1.48. The summed E-state index contributed by atoms with van der Waals surface area (Å²) in [7, 11) is -3.70. The van der Waals surface area contributed by atoms with Gasteiger partial charge < -0.3 is 10.3 Å². The van der Waals surface area contributed by atoms with Gasteiger partial charge in [-0.2, -0.15) is 4.98 Å². The van der Waals surface area contributed by atoms with Crippen LogP contribution in [0.4, 0.5) is 0 Å². The zero-order chi connectivity index (χ0) is 18.5. The molecule has 9 heteroatoms. The van der Waals surface area contributed by atoms with Crippen molar-refractivity contribution >= 4 is 21.6 Å². The van der Waals surface area contributed by atoms with Crippen LogP contribution in [0.5, 0.6) is 0 Å². The Labute approximate surface area is 152 Å². The maximum absolute atomic E-state index is 12.5. The average molecular weight is 385 g/mol. The van der Waals surface area contributed by atoms with Crippen LogP contribution in [-0.2, 0) is 15.6 Å². The molecule has 1 fully saturated rings. The van der Waals surface area contributed by atoms with E-state index >= 15 is 0 Å². The molecule has 25 heavy (non-hydrogen) atoms. The van der Waals surface area contributed by atoms with Crippen LogP contribution in [0, 0.1) is 0 Å². The van der Waals surface area contributed by atoms with Gasteiger partial charge in [0.1, 0.15) is 0 Å². The number of nitrogens with two attached hydrogens (primary N) is 1. The Balaban J connectivity index is 1.98. The van der Waals surface area contributed by atoms with Crippen LogP contribution in [0.2, 0.25) is 5.02 Å². The minimum Gasteiger partial charge on any atom is -0.334 e. The number of nitrogens with zero attached hydrogens (tertiary/aromatic N) is 2. The van der Waals surface area contributed by atoms with Gasteiger partial charge in [0, 0.05) is 5.54 Å². The van der Waals surface area contributed by atoms with E-state index in [-0.39, 0.29) is 10.8 Å². The monoisotopic (exact) mass is 384 g/mol. The molecule has 1 aromatic heterocycles. The van der Waals surface area contributed by atoms with Crippen molar-refractivity contribution in [2.24, 2.45) is 5.73 Å². The number of nitrogens with one attached hydrogen (secondary N) is 1. The van der Waals surface area contributed by atoms with Gasteiger partial charge >= 0.3 is 0 Å². The summed E-state index contributed by atoms with van der Waals surface area (Å²) in [6.07, 6.45) is 2.61. The first kappa shape index (κ1) is 18.3. The summed E-state index contributed by atoms with van der Waals surface area (Å²) >= 11 is 6.21. The van der Waals surface area contributed by atoms with Crippen molar-refractivity contribution in [3.63, 3.8) is 0 Å². The minimum atomic E-state index is -3.70. The van der Waals surface area contributed by atoms with Crippen molar-refractivity contribution in [2.75, 3.05) is 0 Å². The molecule has 0 atom stereocenters. The van der Waals surface area contributed by atoms with Gasteiger partial charge in [-0.25, -0.2) is 13.1 Å². The van der Waals surface area contributed by atoms with E-state index in [0.717, 1.165) is 19.3 Å². The van der Waals surface area contributed by atoms with Gasteiger partial charge in [-0.05, 0) is 58.2 Å². The molecule has 0 aliphatic heterocycles. The summed E-state index contributed by atoms with van der Waals surface area (Å²) in [5, 5.41) is 4.27. The molecule has 0 unspecified atom stereocenters. The zero-order valence-electron chi connectivity index (χ0n) is 14.3.